The summed E-state index contributed by atoms with van der Waals surface area (Å²) in [5.41, 5.74) is 1.84. The standard InChI is InChI=1S/C14H14N4O2/c1-18-13(19)7-6-12(17-18)14(20)16-9-11-4-2-10(8-15)3-5-11/h2-5H,6-7,9H2,1H3,(H,16,20). The number of amides is 2. The third-order valence-electron chi connectivity index (χ3n) is 3.01. The summed E-state index contributed by atoms with van der Waals surface area (Å²) >= 11 is 0. The molecule has 0 radical (unpaired) electrons. The molecule has 0 saturated heterocycles. The molecule has 1 aromatic rings. The highest BCUT2D eigenvalue weighted by atomic mass is 16.2. The molecule has 0 atom stereocenters. The third kappa shape index (κ3) is 3.20. The summed E-state index contributed by atoms with van der Waals surface area (Å²) in [6, 6.07) is 9.01. The lowest BCUT2D eigenvalue weighted by Gasteiger charge is -2.18. The molecular weight excluding hydrogens is 256 g/mol. The van der Waals surface area contributed by atoms with E-state index in [2.05, 4.69) is 10.4 Å². The fourth-order valence-corrected chi connectivity index (χ4v) is 1.81. The normalized spacial score (nSPS) is 14.5. The Morgan fingerprint density at radius 3 is 2.70 bits per heavy atom. The molecule has 0 aromatic heterocycles. The molecule has 0 fully saturated rings. The van der Waals surface area contributed by atoms with Crippen LogP contribution in [0.5, 0.6) is 0 Å². The van der Waals surface area contributed by atoms with E-state index in [0.29, 0.717) is 30.7 Å². The van der Waals surface area contributed by atoms with E-state index in [-0.39, 0.29) is 11.8 Å². The van der Waals surface area contributed by atoms with Gasteiger partial charge in [0.05, 0.1) is 11.6 Å². The lowest BCUT2D eigenvalue weighted by Crippen LogP contribution is -2.37. The number of hydrazone groups is 1. The Labute approximate surface area is 116 Å². The van der Waals surface area contributed by atoms with Crippen LogP contribution in [0.15, 0.2) is 29.4 Å². The molecule has 1 N–H and O–H groups in total. The number of carbonyl (C=O) groups is 2. The molecule has 0 spiro atoms. The number of benzene rings is 1. The molecule has 1 aliphatic rings. The predicted molar refractivity (Wildman–Crippen MR) is 72.4 cm³/mol. The monoisotopic (exact) mass is 270 g/mol. The van der Waals surface area contributed by atoms with E-state index in [4.69, 9.17) is 5.26 Å². The number of carbonyl (C=O) groups excluding carboxylic acids is 2. The summed E-state index contributed by atoms with van der Waals surface area (Å²) < 4.78 is 0. The first-order valence-corrected chi connectivity index (χ1v) is 6.21. The summed E-state index contributed by atoms with van der Waals surface area (Å²) in [6.07, 6.45) is 0.669. The van der Waals surface area contributed by atoms with Crippen LogP contribution in [-0.4, -0.2) is 29.6 Å². The van der Waals surface area contributed by atoms with Gasteiger partial charge in [0.25, 0.3) is 5.91 Å². The second-order valence-corrected chi connectivity index (χ2v) is 4.46. The first-order chi connectivity index (χ1) is 9.60. The van der Waals surface area contributed by atoms with Gasteiger partial charge < -0.3 is 5.32 Å². The van der Waals surface area contributed by atoms with Crippen molar-refractivity contribution < 1.29 is 9.59 Å². The van der Waals surface area contributed by atoms with Gasteiger partial charge in [0, 0.05) is 26.4 Å². The Kier molecular flexibility index (Phi) is 4.11. The van der Waals surface area contributed by atoms with Gasteiger partial charge in [-0.25, -0.2) is 5.01 Å². The number of rotatable bonds is 3. The first-order valence-electron chi connectivity index (χ1n) is 6.21. The molecule has 2 amide bonds. The summed E-state index contributed by atoms with van der Waals surface area (Å²) in [4.78, 5) is 23.2. The molecule has 6 nitrogen and oxygen atoms in total. The minimum absolute atomic E-state index is 0.0892. The van der Waals surface area contributed by atoms with Gasteiger partial charge in [0.1, 0.15) is 5.71 Å². The lowest BCUT2D eigenvalue weighted by molar-refractivity contribution is -0.130. The molecule has 2 rings (SSSR count). The molecule has 1 aromatic carbocycles. The molecule has 102 valence electrons. The second kappa shape index (κ2) is 5.97. The minimum atomic E-state index is -0.270. The summed E-state index contributed by atoms with van der Waals surface area (Å²) in [5.74, 6) is -0.359. The van der Waals surface area contributed by atoms with Gasteiger partial charge in [-0.15, -0.1) is 0 Å². The van der Waals surface area contributed by atoms with E-state index in [1.807, 2.05) is 6.07 Å². The zero-order valence-electron chi connectivity index (χ0n) is 11.1. The van der Waals surface area contributed by atoms with E-state index in [9.17, 15) is 9.59 Å². The van der Waals surface area contributed by atoms with Crippen molar-refractivity contribution in [3.63, 3.8) is 0 Å². The van der Waals surface area contributed by atoms with E-state index < -0.39 is 0 Å². The molecule has 0 saturated carbocycles. The Hall–Kier alpha value is -2.68. The maximum Gasteiger partial charge on any atom is 0.267 e. The Morgan fingerprint density at radius 1 is 1.40 bits per heavy atom. The predicted octanol–water partition coefficient (Wildman–Crippen LogP) is 0.783. The molecule has 6 heteroatoms. The van der Waals surface area contributed by atoms with Gasteiger partial charge in [-0.2, -0.15) is 10.4 Å². The van der Waals surface area contributed by atoms with Crippen LogP contribution in [0.25, 0.3) is 0 Å². The second-order valence-electron chi connectivity index (χ2n) is 4.46. The van der Waals surface area contributed by atoms with Crippen molar-refractivity contribution >= 4 is 17.5 Å². The molecule has 0 unspecified atom stereocenters. The zero-order valence-corrected chi connectivity index (χ0v) is 11.1. The quantitative estimate of drug-likeness (QED) is 0.880. The molecule has 20 heavy (non-hydrogen) atoms. The molecule has 1 aliphatic heterocycles. The van der Waals surface area contributed by atoms with Gasteiger partial charge >= 0.3 is 0 Å². The average molecular weight is 270 g/mol. The van der Waals surface area contributed by atoms with Crippen molar-refractivity contribution in [3.05, 3.63) is 35.4 Å². The summed E-state index contributed by atoms with van der Waals surface area (Å²) in [7, 11) is 1.54. The van der Waals surface area contributed by atoms with Crippen LogP contribution in [0.4, 0.5) is 0 Å². The SMILES string of the molecule is CN1N=C(C(=O)NCc2ccc(C#N)cc2)CCC1=O. The van der Waals surface area contributed by atoms with Gasteiger partial charge in [-0.05, 0) is 17.7 Å². The van der Waals surface area contributed by atoms with E-state index in [1.54, 1.807) is 24.3 Å². The fourth-order valence-electron chi connectivity index (χ4n) is 1.81. The van der Waals surface area contributed by atoms with Crippen LogP contribution in [0.3, 0.4) is 0 Å². The highest BCUT2D eigenvalue weighted by Crippen LogP contribution is 2.07. The van der Waals surface area contributed by atoms with E-state index >= 15 is 0 Å². The molecule has 0 aliphatic carbocycles. The van der Waals surface area contributed by atoms with Crippen LogP contribution in [0, 0.1) is 11.3 Å². The molecule has 1 heterocycles. The van der Waals surface area contributed by atoms with E-state index in [1.165, 1.54) is 12.1 Å². The zero-order chi connectivity index (χ0) is 14.5. The Balaban J connectivity index is 1.93. The van der Waals surface area contributed by atoms with Crippen molar-refractivity contribution in [1.82, 2.24) is 10.3 Å². The van der Waals surface area contributed by atoms with Gasteiger partial charge in [0.15, 0.2) is 0 Å². The van der Waals surface area contributed by atoms with Gasteiger partial charge in [0.2, 0.25) is 5.91 Å². The first kappa shape index (κ1) is 13.7. The Morgan fingerprint density at radius 2 is 2.10 bits per heavy atom. The topological polar surface area (TPSA) is 85.6 Å². The van der Waals surface area contributed by atoms with Crippen LogP contribution in [0.2, 0.25) is 0 Å². The summed E-state index contributed by atoms with van der Waals surface area (Å²) in [6.45, 7) is 0.362. The molecule has 0 bridgehead atoms. The highest BCUT2D eigenvalue weighted by molar-refractivity contribution is 6.39. The van der Waals surface area contributed by atoms with E-state index in [0.717, 1.165) is 5.56 Å². The largest absolute Gasteiger partial charge is 0.347 e. The van der Waals surface area contributed by atoms with Crippen LogP contribution in [0.1, 0.15) is 24.0 Å². The maximum absolute atomic E-state index is 11.9. The van der Waals surface area contributed by atoms with Crippen LogP contribution < -0.4 is 5.32 Å². The number of hydrogen-bond acceptors (Lipinski definition) is 4. The number of nitrogens with one attached hydrogen (secondary N) is 1. The van der Waals surface area contributed by atoms with Gasteiger partial charge in [-0.3, -0.25) is 9.59 Å². The van der Waals surface area contributed by atoms with Gasteiger partial charge in [-0.1, -0.05) is 12.1 Å². The van der Waals surface area contributed by atoms with Crippen LogP contribution >= 0.6 is 0 Å². The maximum atomic E-state index is 11.9. The number of nitrogens with zero attached hydrogens (tertiary/aromatic N) is 3. The summed E-state index contributed by atoms with van der Waals surface area (Å²) in [5, 5.41) is 16.6. The lowest BCUT2D eigenvalue weighted by atomic mass is 10.1. The number of hydrogen-bond donors (Lipinski definition) is 1. The average Bonchev–Trinajstić information content (AvgIpc) is 2.48. The van der Waals surface area contributed by atoms with Crippen molar-refractivity contribution in [2.24, 2.45) is 5.10 Å². The fraction of sp³-hybridized carbons (Fsp3) is 0.286. The smallest absolute Gasteiger partial charge is 0.267 e. The van der Waals surface area contributed by atoms with Crippen molar-refractivity contribution in [2.75, 3.05) is 7.05 Å². The third-order valence-corrected chi connectivity index (χ3v) is 3.01. The van der Waals surface area contributed by atoms with Crippen molar-refractivity contribution in [2.45, 2.75) is 19.4 Å². The highest BCUT2D eigenvalue weighted by Gasteiger charge is 2.21. The van der Waals surface area contributed by atoms with Crippen molar-refractivity contribution in [3.8, 4) is 6.07 Å². The van der Waals surface area contributed by atoms with Crippen molar-refractivity contribution in [1.29, 1.82) is 5.26 Å². The number of nitriles is 1. The Bertz CT molecular complexity index is 599. The minimum Gasteiger partial charge on any atom is -0.347 e. The molecular formula is C14H14N4O2. The van der Waals surface area contributed by atoms with Crippen LogP contribution in [-0.2, 0) is 16.1 Å².